The highest BCUT2D eigenvalue weighted by atomic mass is 32.2. The number of rotatable bonds is 9. The average molecular weight is 399 g/mol. The van der Waals surface area contributed by atoms with Crippen LogP contribution in [-0.2, 0) is 11.3 Å². The quantitative estimate of drug-likeness (QED) is 0.434. The number of thioether (sulfide) groups is 1. The summed E-state index contributed by atoms with van der Waals surface area (Å²) in [7, 11) is 0. The van der Waals surface area contributed by atoms with Gasteiger partial charge in [0.1, 0.15) is 12.3 Å². The number of nitrogens with zero attached hydrogens (tertiary/aromatic N) is 4. The molecule has 1 N–H and O–H groups in total. The summed E-state index contributed by atoms with van der Waals surface area (Å²) in [4.78, 5) is 24.4. The van der Waals surface area contributed by atoms with Gasteiger partial charge in [-0.2, -0.15) is 0 Å². The van der Waals surface area contributed by atoms with E-state index in [0.717, 1.165) is 12.2 Å². The summed E-state index contributed by atoms with van der Waals surface area (Å²) >= 11 is 1.29. The van der Waals surface area contributed by atoms with Gasteiger partial charge in [0.15, 0.2) is 5.78 Å². The van der Waals surface area contributed by atoms with Crippen LogP contribution in [0.15, 0.2) is 52.2 Å². The lowest BCUT2D eigenvalue weighted by molar-refractivity contribution is -0.116. The summed E-state index contributed by atoms with van der Waals surface area (Å²) < 4.78 is 6.91. The molecule has 0 spiro atoms. The molecule has 0 unspecified atom stereocenters. The summed E-state index contributed by atoms with van der Waals surface area (Å²) in [6, 6.07) is 10.5. The Hall–Kier alpha value is -2.94. The van der Waals surface area contributed by atoms with Gasteiger partial charge in [0.2, 0.25) is 11.1 Å². The highest BCUT2D eigenvalue weighted by molar-refractivity contribution is 8.00. The molecule has 8 nitrogen and oxygen atoms in total. The zero-order valence-corrected chi connectivity index (χ0v) is 16.5. The molecule has 3 rings (SSSR count). The highest BCUT2D eigenvalue weighted by Crippen LogP contribution is 2.24. The number of Topliss-reactive ketones (excluding diaryl/α,β-unsaturated/α-hetero) is 1. The maximum Gasteiger partial charge on any atom is 0.224 e. The molecule has 0 aliphatic heterocycles. The van der Waals surface area contributed by atoms with E-state index in [0.29, 0.717) is 29.4 Å². The smallest absolute Gasteiger partial charge is 0.224 e. The van der Waals surface area contributed by atoms with E-state index in [1.807, 2.05) is 19.9 Å². The topological polar surface area (TPSA) is 103 Å². The van der Waals surface area contributed by atoms with Crippen molar-refractivity contribution in [3.05, 3.63) is 54.0 Å². The molecule has 146 valence electrons. The third-order valence-electron chi connectivity index (χ3n) is 3.97. The number of amides is 1. The van der Waals surface area contributed by atoms with Crippen LogP contribution >= 0.6 is 11.8 Å². The van der Waals surface area contributed by atoms with E-state index < -0.39 is 0 Å². The molecule has 1 aromatic carbocycles. The third kappa shape index (κ3) is 5.07. The van der Waals surface area contributed by atoms with Crippen molar-refractivity contribution in [2.24, 2.45) is 0 Å². The highest BCUT2D eigenvalue weighted by Gasteiger charge is 2.20. The number of benzene rings is 1. The molecular formula is C19H21N5O3S. The zero-order chi connectivity index (χ0) is 19.9. The molecule has 0 radical (unpaired) electrons. The molecule has 28 heavy (non-hydrogen) atoms. The van der Waals surface area contributed by atoms with Crippen molar-refractivity contribution >= 4 is 29.1 Å². The largest absolute Gasteiger partial charge is 0.467 e. The molecular weight excluding hydrogens is 378 g/mol. The van der Waals surface area contributed by atoms with E-state index in [-0.39, 0.29) is 16.9 Å². The fourth-order valence-corrected chi connectivity index (χ4v) is 3.41. The molecule has 0 aliphatic carbocycles. The second-order valence-corrected chi connectivity index (χ2v) is 7.51. The average Bonchev–Trinajstić information content (AvgIpc) is 3.35. The van der Waals surface area contributed by atoms with E-state index in [2.05, 4.69) is 20.8 Å². The lowest BCUT2D eigenvalue weighted by atomic mass is 10.1. The van der Waals surface area contributed by atoms with Crippen LogP contribution < -0.4 is 5.32 Å². The maximum atomic E-state index is 12.7. The Morgan fingerprint density at radius 3 is 2.71 bits per heavy atom. The summed E-state index contributed by atoms with van der Waals surface area (Å²) in [5.41, 5.74) is 1.25. The first-order valence-corrected chi connectivity index (χ1v) is 9.84. The first kappa shape index (κ1) is 19.8. The molecule has 0 saturated heterocycles. The second-order valence-electron chi connectivity index (χ2n) is 6.20. The SMILES string of the molecule is CCCC(=O)Nc1ccc(C(=O)[C@@H](C)Sc2nnnn2Cc2ccco2)cc1. The monoisotopic (exact) mass is 399 g/mol. The van der Waals surface area contributed by atoms with Crippen molar-refractivity contribution in [2.75, 3.05) is 5.32 Å². The van der Waals surface area contributed by atoms with Crippen LogP contribution in [0, 0.1) is 0 Å². The predicted molar refractivity (Wildman–Crippen MR) is 105 cm³/mol. The van der Waals surface area contributed by atoms with Crippen LogP contribution in [0.1, 0.15) is 42.8 Å². The van der Waals surface area contributed by atoms with Crippen LogP contribution in [0.3, 0.4) is 0 Å². The van der Waals surface area contributed by atoms with Gasteiger partial charge < -0.3 is 9.73 Å². The Morgan fingerprint density at radius 1 is 1.25 bits per heavy atom. The van der Waals surface area contributed by atoms with E-state index in [4.69, 9.17) is 4.42 Å². The standard InChI is InChI=1S/C19H21N5O3S/c1-3-5-17(25)20-15-9-7-14(8-10-15)18(26)13(2)28-19-21-22-23-24(19)12-16-6-4-11-27-16/h4,6-11,13H,3,5,12H2,1-2H3,(H,20,25)/t13-/m1/s1. The molecule has 0 saturated carbocycles. The minimum absolute atomic E-state index is 0.0334. The van der Waals surface area contributed by atoms with Crippen LogP contribution in [0.25, 0.3) is 0 Å². The fraction of sp³-hybridized carbons (Fsp3) is 0.316. The zero-order valence-electron chi connectivity index (χ0n) is 15.7. The molecule has 1 atom stereocenters. The Bertz CT molecular complexity index is 921. The Kier molecular flexibility index (Phi) is 6.59. The van der Waals surface area contributed by atoms with Gasteiger partial charge in [-0.15, -0.1) is 5.10 Å². The Labute approximate surface area is 166 Å². The van der Waals surface area contributed by atoms with E-state index in [1.54, 1.807) is 41.3 Å². The number of carbonyl (C=O) groups excluding carboxylic acids is 2. The van der Waals surface area contributed by atoms with Gasteiger partial charge in [0, 0.05) is 17.7 Å². The number of ketones is 1. The summed E-state index contributed by atoms with van der Waals surface area (Å²) in [5, 5.41) is 14.6. The number of hydrogen-bond acceptors (Lipinski definition) is 7. The van der Waals surface area contributed by atoms with Crippen molar-refractivity contribution < 1.29 is 14.0 Å². The number of nitrogens with one attached hydrogen (secondary N) is 1. The number of anilines is 1. The van der Waals surface area contributed by atoms with Crippen LogP contribution in [0.4, 0.5) is 5.69 Å². The van der Waals surface area contributed by atoms with Gasteiger partial charge in [-0.05, 0) is 60.2 Å². The molecule has 1 amide bonds. The normalized spacial score (nSPS) is 11.9. The Morgan fingerprint density at radius 2 is 2.04 bits per heavy atom. The van der Waals surface area contributed by atoms with Gasteiger partial charge in [0.25, 0.3) is 0 Å². The fourth-order valence-electron chi connectivity index (χ4n) is 2.54. The summed E-state index contributed by atoms with van der Waals surface area (Å²) in [6.45, 7) is 4.16. The van der Waals surface area contributed by atoms with E-state index >= 15 is 0 Å². The molecule has 9 heteroatoms. The molecule has 3 aromatic rings. The van der Waals surface area contributed by atoms with E-state index in [1.165, 1.54) is 11.8 Å². The lowest BCUT2D eigenvalue weighted by Crippen LogP contribution is -2.15. The van der Waals surface area contributed by atoms with Gasteiger partial charge in [-0.25, -0.2) is 4.68 Å². The molecule has 0 bridgehead atoms. The minimum atomic E-state index is -0.373. The molecule has 0 fully saturated rings. The van der Waals surface area contributed by atoms with Crippen molar-refractivity contribution in [2.45, 2.75) is 43.6 Å². The van der Waals surface area contributed by atoms with Gasteiger partial charge in [-0.3, -0.25) is 9.59 Å². The minimum Gasteiger partial charge on any atom is -0.467 e. The van der Waals surface area contributed by atoms with Crippen LogP contribution in [-0.4, -0.2) is 37.1 Å². The Balaban J connectivity index is 1.62. The first-order valence-electron chi connectivity index (χ1n) is 8.96. The predicted octanol–water partition coefficient (Wildman–Crippen LogP) is 3.42. The van der Waals surface area contributed by atoms with Gasteiger partial charge in [0.05, 0.1) is 11.5 Å². The first-order chi connectivity index (χ1) is 13.6. The number of carbonyl (C=O) groups is 2. The second kappa shape index (κ2) is 9.32. The van der Waals surface area contributed by atoms with Crippen molar-refractivity contribution in [1.82, 2.24) is 20.2 Å². The van der Waals surface area contributed by atoms with Crippen molar-refractivity contribution in [3.8, 4) is 0 Å². The number of aromatic nitrogens is 4. The number of furan rings is 1. The van der Waals surface area contributed by atoms with Crippen molar-refractivity contribution in [1.29, 1.82) is 0 Å². The van der Waals surface area contributed by atoms with Crippen LogP contribution in [0.5, 0.6) is 0 Å². The number of tetrazole rings is 1. The van der Waals surface area contributed by atoms with Gasteiger partial charge in [-0.1, -0.05) is 18.7 Å². The lowest BCUT2D eigenvalue weighted by Gasteiger charge is -2.11. The third-order valence-corrected chi connectivity index (χ3v) is 5.04. The van der Waals surface area contributed by atoms with E-state index in [9.17, 15) is 9.59 Å². The summed E-state index contributed by atoms with van der Waals surface area (Å²) in [6.07, 6.45) is 2.85. The van der Waals surface area contributed by atoms with Crippen molar-refractivity contribution in [3.63, 3.8) is 0 Å². The summed E-state index contributed by atoms with van der Waals surface area (Å²) in [5.74, 6) is 0.659. The molecule has 2 heterocycles. The molecule has 2 aromatic heterocycles. The number of hydrogen-bond donors (Lipinski definition) is 1. The molecule has 0 aliphatic rings. The van der Waals surface area contributed by atoms with Gasteiger partial charge >= 0.3 is 0 Å². The van der Waals surface area contributed by atoms with Crippen LogP contribution in [0.2, 0.25) is 0 Å². The maximum absolute atomic E-state index is 12.7.